The molecule has 13 nitrogen and oxygen atoms in total. The molecule has 11 heterocycles. The Morgan fingerprint density at radius 1 is 0.197 bits per heavy atom. The van der Waals surface area contributed by atoms with Crippen molar-refractivity contribution in [2.24, 2.45) is 0 Å². The molecule has 0 aliphatic rings. The van der Waals surface area contributed by atoms with E-state index in [4.69, 9.17) is 17.9 Å². The van der Waals surface area contributed by atoms with E-state index in [1.807, 2.05) is 78.9 Å². The summed E-state index contributed by atoms with van der Waals surface area (Å²) in [5.41, 5.74) is 27.9. The highest BCUT2D eigenvalue weighted by Crippen LogP contribution is 2.45. The molecular formula is C133H88N13P. The van der Waals surface area contributed by atoms with Gasteiger partial charge < -0.3 is 22.8 Å². The topological polar surface area (TPSA) is 98.3 Å². The first-order chi connectivity index (χ1) is 73.3. The molecule has 0 aliphatic carbocycles. The lowest BCUT2D eigenvalue weighted by Crippen LogP contribution is -2.03. The van der Waals surface area contributed by atoms with E-state index in [2.05, 4.69) is 486 Å². The van der Waals surface area contributed by atoms with Gasteiger partial charge in [-0.25, -0.2) is 14.8 Å². The first-order valence-electron chi connectivity index (χ1n) is 50.0. The molecule has 11 aromatic heterocycles. The molecule has 147 heavy (non-hydrogen) atoms. The zero-order chi connectivity index (χ0) is 98.6. The Balaban J connectivity index is 0.0000000975. The third-order valence-electron chi connectivity index (χ3n) is 29.0. The van der Waals surface area contributed by atoms with Crippen LogP contribution in [0.4, 0.5) is 5.69 Å². The van der Waals surface area contributed by atoms with Crippen LogP contribution in [0.15, 0.2) is 504 Å². The second-order valence-electron chi connectivity index (χ2n) is 36.9. The fraction of sp³-hybridized carbons (Fsp3) is 0.00752. The zero-order valence-corrected chi connectivity index (χ0v) is 80.7. The SMILES string of the molecule is [3H]CP.[C-]#[N+]c1ccc2c(c1)c1ccccc1n2-c1cccc(-n2c3ccccc3c3cc(C#N)ccc32)n1.c1cc(-n2c3ccccc3c3ccccc32)cc(-n2c3ccccc3c3ccccc32)c1.c1cc(-n2c3ccccc3c3ccccc32)nc(-n2c3ccccc3c3ccccc32)c1.c1ccc2c(c1)c1ccccc1n2-c1cc(-n2c3ccccc3c3ccccc32)cc(-n2c3ccccc3c3ccccc32)c1. The summed E-state index contributed by atoms with van der Waals surface area (Å²) in [6.45, 7) is 7.87. The number of fused-ring (bicyclic) bond motifs is 27. The van der Waals surface area contributed by atoms with Crippen molar-refractivity contribution in [2.45, 2.75) is 0 Å². The van der Waals surface area contributed by atoms with Crippen LogP contribution in [0.25, 0.3) is 253 Å². The van der Waals surface area contributed by atoms with Gasteiger partial charge in [-0.2, -0.15) is 5.26 Å². The van der Waals surface area contributed by atoms with Crippen LogP contribution in [0.2, 0.25) is 0 Å². The molecular weight excluding hydrogens is 1810 g/mol. The molecule has 0 fully saturated rings. The summed E-state index contributed by atoms with van der Waals surface area (Å²) in [5, 5.41) is 31.3. The maximum atomic E-state index is 9.45. The van der Waals surface area contributed by atoms with Crippen molar-refractivity contribution in [1.29, 1.82) is 5.26 Å². The largest absolute Gasteiger partial charge is 0.309 e. The summed E-state index contributed by atoms with van der Waals surface area (Å²) in [6, 6.07) is 180. The molecule has 690 valence electrons. The van der Waals surface area contributed by atoms with Crippen molar-refractivity contribution in [2.75, 3.05) is 6.64 Å². The van der Waals surface area contributed by atoms with E-state index in [1.165, 1.54) is 164 Å². The Hall–Kier alpha value is -19.7. The predicted octanol–water partition coefficient (Wildman–Crippen LogP) is 34.3. The van der Waals surface area contributed by atoms with Gasteiger partial charge in [-0.3, -0.25) is 18.3 Å². The standard InChI is InChI=1S/C42H27N3.C31H17N5.C30H20N2.C29H19N3.CH5P/c1-7-19-37-31(13-1)32-14-2-8-20-38(32)43(37)28-25-29(44-39-21-9-3-15-33(39)34-16-4-10-22-40(34)44)27-30(26-28)45-41-23-11-5-17-35(41)36-18-6-12-24-42(36)45;1-33-21-14-16-29-25(18-21)23-8-3-5-10-27(23)36(29)31-12-6-11-30(34-31)35-26-9-4-2-7-22(26)24-17-20(19-32)13-15-28(24)35;1-5-16-27-23(12-1)24-13-2-6-17-28(24)31(27)21-10-9-11-22(20-21)32-29-18-7-3-14-25(29)26-15-4-8-19-30(26)32;1-5-14-24-20(10-1)21-11-2-6-15-25(21)31(24)28-18-9-19-29(30-28)32-26-16-7-3-12-22(26)23-13-4-8-17-27(23)32;1-2/h1-27H;2-18H;1-20H;1-19H;2H2,1H3/i;;;;1T. The molecule has 0 saturated carbocycles. The van der Waals surface area contributed by atoms with E-state index in [9.17, 15) is 5.26 Å². The lowest BCUT2D eigenvalue weighted by molar-refractivity contribution is 1.01. The second-order valence-corrected chi connectivity index (χ2v) is 36.9. The van der Waals surface area contributed by atoms with E-state index in [0.29, 0.717) is 17.9 Å². The zero-order valence-electron chi connectivity index (χ0n) is 80.5. The van der Waals surface area contributed by atoms with E-state index in [1.54, 1.807) is 0 Å². The van der Waals surface area contributed by atoms with E-state index < -0.39 is 0 Å². The minimum atomic E-state index is 0.417. The number of pyridine rings is 2. The van der Waals surface area contributed by atoms with Crippen molar-refractivity contribution >= 4 is 211 Å². The fourth-order valence-electron chi connectivity index (χ4n) is 23.0. The van der Waals surface area contributed by atoms with Crippen molar-refractivity contribution in [3.63, 3.8) is 0 Å². The van der Waals surface area contributed by atoms with Gasteiger partial charge in [0.05, 0.1) is 135 Å². The lowest BCUT2D eigenvalue weighted by Gasteiger charge is -2.17. The number of aromatic nitrogens is 11. The lowest BCUT2D eigenvalue weighted by atomic mass is 10.1. The minimum Gasteiger partial charge on any atom is -0.309 e. The van der Waals surface area contributed by atoms with Crippen LogP contribution in [0, 0.1) is 17.9 Å². The van der Waals surface area contributed by atoms with Crippen LogP contribution >= 0.6 is 9.24 Å². The molecule has 31 rings (SSSR count). The summed E-state index contributed by atoms with van der Waals surface area (Å²) in [7, 11) is 2.25. The highest BCUT2D eigenvalue weighted by Gasteiger charge is 2.25. The van der Waals surface area contributed by atoms with Crippen molar-refractivity contribution < 1.29 is 1.37 Å². The first kappa shape index (κ1) is 85.3. The molecule has 0 radical (unpaired) electrons. The van der Waals surface area contributed by atoms with Gasteiger partial charge in [-0.15, -0.1) is 9.24 Å². The molecule has 0 N–H and O–H groups in total. The van der Waals surface area contributed by atoms with Crippen molar-refractivity contribution in [3.8, 4) is 57.8 Å². The third kappa shape index (κ3) is 14.1. The van der Waals surface area contributed by atoms with Gasteiger partial charge in [0.1, 0.15) is 23.3 Å². The Labute approximate surface area is 847 Å². The summed E-state index contributed by atoms with van der Waals surface area (Å²) < 4.78 is 27.1. The number of para-hydroxylation sites is 16. The van der Waals surface area contributed by atoms with E-state index >= 15 is 0 Å². The molecule has 31 aromatic rings. The van der Waals surface area contributed by atoms with Gasteiger partial charge in [-0.1, -0.05) is 322 Å². The summed E-state index contributed by atoms with van der Waals surface area (Å²) in [5.74, 6) is 3.43. The molecule has 0 bridgehead atoms. The van der Waals surface area contributed by atoms with Crippen LogP contribution in [-0.2, 0) is 0 Å². The number of nitrogens with zero attached hydrogens (tertiary/aromatic N) is 13. The predicted molar refractivity (Wildman–Crippen MR) is 617 cm³/mol. The normalized spacial score (nSPS) is 11.7. The molecule has 1 unspecified atom stereocenters. The Bertz CT molecular complexity index is 9520. The van der Waals surface area contributed by atoms with Crippen LogP contribution in [-0.4, -0.2) is 57.7 Å². The number of nitriles is 1. The quantitative estimate of drug-likeness (QED) is 0.106. The first-order valence-corrected chi connectivity index (χ1v) is 50.1. The van der Waals surface area contributed by atoms with Gasteiger partial charge in [0.2, 0.25) is 0 Å². The number of benzene rings is 20. The van der Waals surface area contributed by atoms with Gasteiger partial charge in [0.25, 0.3) is 0 Å². The molecule has 14 heteroatoms. The van der Waals surface area contributed by atoms with Gasteiger partial charge >= 0.3 is 0 Å². The molecule has 0 amide bonds. The van der Waals surface area contributed by atoms with Crippen LogP contribution in [0.3, 0.4) is 0 Å². The number of hydrogen-bond acceptors (Lipinski definition) is 3. The Morgan fingerprint density at radius 3 is 0.585 bits per heavy atom. The fourth-order valence-corrected chi connectivity index (χ4v) is 23.0. The third-order valence-corrected chi connectivity index (χ3v) is 29.0. The minimum absolute atomic E-state index is 0.417. The van der Waals surface area contributed by atoms with Crippen molar-refractivity contribution in [1.82, 2.24) is 51.1 Å². The van der Waals surface area contributed by atoms with E-state index in [-0.39, 0.29) is 0 Å². The van der Waals surface area contributed by atoms with Crippen LogP contribution in [0.1, 0.15) is 6.93 Å². The smallest absolute Gasteiger partial charge is 0.188 e. The number of rotatable bonds is 9. The van der Waals surface area contributed by atoms with Crippen LogP contribution < -0.4 is 0 Å². The van der Waals surface area contributed by atoms with Gasteiger partial charge in [-0.05, 0) is 193 Å². The molecule has 0 aliphatic heterocycles. The average molecular weight is 1900 g/mol. The molecule has 1 atom stereocenters. The number of hydrogen-bond donors (Lipinski definition) is 0. The van der Waals surface area contributed by atoms with Crippen LogP contribution in [0.5, 0.6) is 0 Å². The monoisotopic (exact) mass is 1900 g/mol. The Morgan fingerprint density at radius 2 is 0.367 bits per heavy atom. The highest BCUT2D eigenvalue weighted by molar-refractivity contribution is 7.15. The molecule has 20 aromatic carbocycles. The van der Waals surface area contributed by atoms with Gasteiger partial charge in [0, 0.05) is 104 Å². The maximum Gasteiger partial charge on any atom is 0.188 e. The molecule has 0 spiro atoms. The second kappa shape index (κ2) is 35.8. The molecule has 0 saturated heterocycles. The average Bonchev–Trinajstić information content (AvgIpc) is 1.54. The highest BCUT2D eigenvalue weighted by atomic mass is 31.0. The Kier molecular flexibility index (Phi) is 20.8. The summed E-state index contributed by atoms with van der Waals surface area (Å²) in [4.78, 5) is 14.0. The maximum absolute atomic E-state index is 9.45. The summed E-state index contributed by atoms with van der Waals surface area (Å²) >= 11 is 0. The van der Waals surface area contributed by atoms with Gasteiger partial charge in [0.15, 0.2) is 5.69 Å². The van der Waals surface area contributed by atoms with E-state index in [0.717, 1.165) is 83.9 Å². The van der Waals surface area contributed by atoms with Crippen molar-refractivity contribution in [3.05, 3.63) is 520 Å². The summed E-state index contributed by atoms with van der Waals surface area (Å²) in [6.07, 6.45) is 0.